The van der Waals surface area contributed by atoms with Crippen LogP contribution in [0.15, 0.2) is 36.5 Å². The number of unbranched alkanes of at least 4 members (excludes halogenated alkanes) is 42. The highest BCUT2D eigenvalue weighted by Gasteiger charge is 2.18. The topological polar surface area (TPSA) is 95.9 Å². The third kappa shape index (κ3) is 55.2. The SMILES string of the molecule is CCCCC/C=C\C/C=C\CCCCCCCC(=O)OCCCCCCCCCCCCCCCCCCCCCCCCCCCC(=O)N[C@@H](CO)[C@H](O)/C=C/CCCCCCCCCCCC. The molecule has 6 nitrogen and oxygen atoms in total. The van der Waals surface area contributed by atoms with Crippen LogP contribution in [0.25, 0.3) is 0 Å². The minimum atomic E-state index is -0.842. The number of carbonyl (C=O) groups excluding carboxylic acids is 2. The molecule has 0 rings (SSSR count). The van der Waals surface area contributed by atoms with Crippen LogP contribution in [0.1, 0.15) is 328 Å². The van der Waals surface area contributed by atoms with Gasteiger partial charge >= 0.3 is 5.97 Å². The first-order valence-corrected chi connectivity index (χ1v) is 30.8. The normalized spacial score (nSPS) is 12.8. The Hall–Kier alpha value is -1.92. The second-order valence-corrected chi connectivity index (χ2v) is 21.0. The maximum absolute atomic E-state index is 12.4. The molecule has 0 bridgehead atoms. The summed E-state index contributed by atoms with van der Waals surface area (Å²) in [7, 11) is 0. The smallest absolute Gasteiger partial charge is 0.305 e. The van der Waals surface area contributed by atoms with E-state index in [4.69, 9.17) is 4.74 Å². The van der Waals surface area contributed by atoms with E-state index >= 15 is 0 Å². The first-order valence-electron chi connectivity index (χ1n) is 30.8. The Balaban J connectivity index is 3.37. The van der Waals surface area contributed by atoms with Crippen molar-refractivity contribution in [3.63, 3.8) is 0 Å². The summed E-state index contributed by atoms with van der Waals surface area (Å²) in [5.41, 5.74) is 0. The summed E-state index contributed by atoms with van der Waals surface area (Å²) in [5, 5.41) is 23.1. The van der Waals surface area contributed by atoms with Crippen molar-refractivity contribution in [2.45, 2.75) is 341 Å². The Bertz CT molecular complexity index is 1120. The Labute approximate surface area is 430 Å². The molecule has 0 aromatic heterocycles. The van der Waals surface area contributed by atoms with Crippen molar-refractivity contribution in [1.29, 1.82) is 0 Å². The number of carbonyl (C=O) groups is 2. The van der Waals surface area contributed by atoms with Gasteiger partial charge in [0.1, 0.15) is 0 Å². The average molecular weight is 971 g/mol. The van der Waals surface area contributed by atoms with Gasteiger partial charge in [-0.2, -0.15) is 0 Å². The minimum Gasteiger partial charge on any atom is -0.466 e. The number of esters is 1. The number of amides is 1. The molecule has 0 aliphatic rings. The molecule has 406 valence electrons. The predicted molar refractivity (Wildman–Crippen MR) is 301 cm³/mol. The van der Waals surface area contributed by atoms with Gasteiger partial charge in [-0.05, 0) is 64.2 Å². The summed E-state index contributed by atoms with van der Waals surface area (Å²) in [6.45, 7) is 4.87. The molecule has 0 saturated carbocycles. The van der Waals surface area contributed by atoms with Gasteiger partial charge in [-0.1, -0.05) is 288 Å². The minimum absolute atomic E-state index is 0.00178. The van der Waals surface area contributed by atoms with Crippen LogP contribution in [-0.2, 0) is 14.3 Å². The van der Waals surface area contributed by atoms with Crippen LogP contribution in [0.5, 0.6) is 0 Å². The van der Waals surface area contributed by atoms with E-state index in [1.807, 2.05) is 6.08 Å². The van der Waals surface area contributed by atoms with Gasteiger partial charge < -0.3 is 20.3 Å². The predicted octanol–water partition coefficient (Wildman–Crippen LogP) is 19.2. The van der Waals surface area contributed by atoms with E-state index in [1.54, 1.807) is 6.08 Å². The second kappa shape index (κ2) is 58.6. The van der Waals surface area contributed by atoms with Crippen LogP contribution in [0.4, 0.5) is 0 Å². The fourth-order valence-electron chi connectivity index (χ4n) is 9.43. The second-order valence-electron chi connectivity index (χ2n) is 21.0. The average Bonchev–Trinajstić information content (AvgIpc) is 3.35. The largest absolute Gasteiger partial charge is 0.466 e. The molecule has 0 radical (unpaired) electrons. The van der Waals surface area contributed by atoms with Crippen molar-refractivity contribution in [2.75, 3.05) is 13.2 Å². The maximum Gasteiger partial charge on any atom is 0.305 e. The maximum atomic E-state index is 12.4. The molecular formula is C63H119NO5. The molecule has 2 atom stereocenters. The number of rotatable bonds is 57. The number of hydrogen-bond donors (Lipinski definition) is 3. The Morgan fingerprint density at radius 2 is 0.725 bits per heavy atom. The zero-order chi connectivity index (χ0) is 50.0. The molecule has 6 heteroatoms. The molecule has 0 saturated heterocycles. The molecule has 0 unspecified atom stereocenters. The number of allylic oxidation sites excluding steroid dienone is 5. The summed E-state index contributed by atoms with van der Waals surface area (Å²) in [4.78, 5) is 24.5. The van der Waals surface area contributed by atoms with Gasteiger partial charge in [0, 0.05) is 12.8 Å². The summed E-state index contributed by atoms with van der Waals surface area (Å²) in [6.07, 6.45) is 73.3. The van der Waals surface area contributed by atoms with Crippen molar-refractivity contribution in [3.05, 3.63) is 36.5 Å². The van der Waals surface area contributed by atoms with Gasteiger partial charge in [0.15, 0.2) is 0 Å². The lowest BCUT2D eigenvalue weighted by Gasteiger charge is -2.20. The fourth-order valence-corrected chi connectivity index (χ4v) is 9.43. The molecule has 0 aromatic carbocycles. The van der Waals surface area contributed by atoms with Gasteiger partial charge in [0.05, 0.1) is 25.4 Å². The van der Waals surface area contributed by atoms with Crippen molar-refractivity contribution >= 4 is 11.9 Å². The molecule has 0 fully saturated rings. The number of hydrogen-bond acceptors (Lipinski definition) is 5. The molecular weight excluding hydrogens is 851 g/mol. The molecule has 1 amide bonds. The van der Waals surface area contributed by atoms with E-state index < -0.39 is 12.1 Å². The standard InChI is InChI=1S/C63H119NO5/c1-3-5-7-9-11-13-15-17-29-33-37-41-45-49-53-57-63(68)69-58-54-50-46-42-38-34-31-28-26-24-22-20-18-19-21-23-25-27-30-32-36-40-44-48-52-56-62(67)64-60(59-65)61(66)55-51-47-43-39-35-16-14-12-10-8-6-4-2/h11,13,17,29,51,55,60-61,65-66H,3-10,12,14-16,18-28,30-50,52-54,56-59H2,1-2H3,(H,64,67)/b13-11-,29-17-,55-51+/t60-,61+/m0/s1. The first kappa shape index (κ1) is 67.1. The van der Waals surface area contributed by atoms with Gasteiger partial charge in [0.25, 0.3) is 0 Å². The van der Waals surface area contributed by atoms with Crippen molar-refractivity contribution < 1.29 is 24.5 Å². The lowest BCUT2D eigenvalue weighted by molar-refractivity contribution is -0.143. The Morgan fingerprint density at radius 3 is 1.13 bits per heavy atom. The molecule has 0 aliphatic heterocycles. The van der Waals surface area contributed by atoms with Crippen LogP contribution in [-0.4, -0.2) is 47.4 Å². The molecule has 3 N–H and O–H groups in total. The summed E-state index contributed by atoms with van der Waals surface area (Å²) in [5.74, 6) is -0.0648. The van der Waals surface area contributed by atoms with Gasteiger partial charge in [-0.25, -0.2) is 0 Å². The highest BCUT2D eigenvalue weighted by atomic mass is 16.5. The third-order valence-electron chi connectivity index (χ3n) is 14.2. The highest BCUT2D eigenvalue weighted by Crippen LogP contribution is 2.17. The van der Waals surface area contributed by atoms with E-state index in [2.05, 4.69) is 43.5 Å². The molecule has 0 heterocycles. The van der Waals surface area contributed by atoms with Crippen LogP contribution >= 0.6 is 0 Å². The number of aliphatic hydroxyl groups is 2. The number of ether oxygens (including phenoxy) is 1. The van der Waals surface area contributed by atoms with E-state index in [0.29, 0.717) is 19.4 Å². The number of aliphatic hydroxyl groups excluding tert-OH is 2. The fraction of sp³-hybridized carbons (Fsp3) is 0.873. The van der Waals surface area contributed by atoms with E-state index in [1.165, 1.54) is 250 Å². The van der Waals surface area contributed by atoms with E-state index in [0.717, 1.165) is 51.4 Å². The summed E-state index contributed by atoms with van der Waals surface area (Å²) < 4.78 is 5.48. The highest BCUT2D eigenvalue weighted by molar-refractivity contribution is 5.76. The van der Waals surface area contributed by atoms with Crippen molar-refractivity contribution in [2.24, 2.45) is 0 Å². The quantitative estimate of drug-likeness (QED) is 0.0321. The summed E-state index contributed by atoms with van der Waals surface area (Å²) >= 11 is 0. The van der Waals surface area contributed by atoms with E-state index in [9.17, 15) is 19.8 Å². The monoisotopic (exact) mass is 970 g/mol. The van der Waals surface area contributed by atoms with Gasteiger partial charge in [0.2, 0.25) is 5.91 Å². The lowest BCUT2D eigenvalue weighted by Crippen LogP contribution is -2.45. The van der Waals surface area contributed by atoms with Crippen LogP contribution in [0, 0.1) is 0 Å². The van der Waals surface area contributed by atoms with Gasteiger partial charge in [-0.15, -0.1) is 0 Å². The zero-order valence-corrected chi connectivity index (χ0v) is 46.3. The molecule has 0 spiro atoms. The van der Waals surface area contributed by atoms with Crippen LogP contribution in [0.3, 0.4) is 0 Å². The van der Waals surface area contributed by atoms with Gasteiger partial charge in [-0.3, -0.25) is 9.59 Å². The molecule has 0 aromatic rings. The first-order chi connectivity index (χ1) is 34.0. The van der Waals surface area contributed by atoms with Crippen molar-refractivity contribution in [3.8, 4) is 0 Å². The van der Waals surface area contributed by atoms with Crippen LogP contribution < -0.4 is 5.32 Å². The van der Waals surface area contributed by atoms with Crippen molar-refractivity contribution in [1.82, 2.24) is 5.32 Å². The third-order valence-corrected chi connectivity index (χ3v) is 14.2. The summed E-state index contributed by atoms with van der Waals surface area (Å²) in [6, 6.07) is -0.625. The molecule has 69 heavy (non-hydrogen) atoms. The Morgan fingerprint density at radius 1 is 0.406 bits per heavy atom. The molecule has 0 aliphatic carbocycles. The lowest BCUT2D eigenvalue weighted by atomic mass is 10.0. The Kier molecular flexibility index (Phi) is 57.0. The number of nitrogens with one attached hydrogen (secondary N) is 1. The zero-order valence-electron chi connectivity index (χ0n) is 46.3. The van der Waals surface area contributed by atoms with Crippen LogP contribution in [0.2, 0.25) is 0 Å². The van der Waals surface area contributed by atoms with E-state index in [-0.39, 0.29) is 18.5 Å².